The average molecular weight is 453 g/mol. The highest BCUT2D eigenvalue weighted by Crippen LogP contribution is 2.32. The third kappa shape index (κ3) is 6.54. The van der Waals surface area contributed by atoms with Gasteiger partial charge < -0.3 is 14.7 Å². The molecule has 1 unspecified atom stereocenters. The molecule has 2 aliphatic heterocycles. The Morgan fingerprint density at radius 2 is 2.00 bits per heavy atom. The summed E-state index contributed by atoms with van der Waals surface area (Å²) in [5.41, 5.74) is -0.408. The minimum Gasteiger partial charge on any atom is -0.475 e. The average Bonchev–Trinajstić information content (AvgIpc) is 2.68. The number of morpholine rings is 1. The van der Waals surface area contributed by atoms with Crippen LogP contribution in [0, 0.1) is 0 Å². The van der Waals surface area contributed by atoms with Crippen LogP contribution in [0.15, 0.2) is 24.4 Å². The molecule has 1 aromatic rings. The summed E-state index contributed by atoms with van der Waals surface area (Å²) in [6, 6.07) is 5.87. The van der Waals surface area contributed by atoms with E-state index in [9.17, 15) is 21.6 Å². The number of aliphatic carboxylic acids is 1. The Hall–Kier alpha value is -1.92. The summed E-state index contributed by atoms with van der Waals surface area (Å²) < 4.78 is 64.3. The van der Waals surface area contributed by atoms with Gasteiger partial charge in [0.25, 0.3) is 0 Å². The highest BCUT2D eigenvalue weighted by Gasteiger charge is 2.43. The van der Waals surface area contributed by atoms with E-state index in [-0.39, 0.29) is 5.75 Å². The Balaban J connectivity index is 0.000000396. The molecule has 170 valence electrons. The van der Waals surface area contributed by atoms with Gasteiger partial charge in [-0.1, -0.05) is 13.0 Å². The lowest BCUT2D eigenvalue weighted by molar-refractivity contribution is -0.192. The maximum absolute atomic E-state index is 12.4. The monoisotopic (exact) mass is 453 g/mol. The van der Waals surface area contributed by atoms with Crippen molar-refractivity contribution in [2.45, 2.75) is 38.0 Å². The number of anilines is 1. The van der Waals surface area contributed by atoms with Crippen molar-refractivity contribution in [3.8, 4) is 0 Å². The molecule has 2 saturated heterocycles. The number of sulfonamides is 1. The van der Waals surface area contributed by atoms with E-state index in [0.717, 1.165) is 25.2 Å². The molecule has 0 aliphatic carbocycles. The van der Waals surface area contributed by atoms with Crippen LogP contribution in [-0.4, -0.2) is 79.1 Å². The van der Waals surface area contributed by atoms with Gasteiger partial charge >= 0.3 is 12.1 Å². The molecule has 1 atom stereocenters. The molecule has 0 amide bonds. The first kappa shape index (κ1) is 24.4. The van der Waals surface area contributed by atoms with Gasteiger partial charge in [0.1, 0.15) is 5.82 Å². The maximum Gasteiger partial charge on any atom is 0.490 e. The van der Waals surface area contributed by atoms with Gasteiger partial charge in [-0.2, -0.15) is 17.5 Å². The van der Waals surface area contributed by atoms with Crippen molar-refractivity contribution in [1.82, 2.24) is 9.29 Å². The Kier molecular flexibility index (Phi) is 8.06. The van der Waals surface area contributed by atoms with E-state index < -0.39 is 27.8 Å². The Labute approximate surface area is 173 Å². The summed E-state index contributed by atoms with van der Waals surface area (Å²) in [5, 5.41) is 7.12. The minimum atomic E-state index is -5.08. The fraction of sp³-hybridized carbons (Fsp3) is 0.667. The SMILES string of the molecule is CCCS(=O)(=O)N1CCOC2(CCCN(c3ccccn3)C2)C1.O=C(O)C(F)(F)F. The number of aromatic nitrogens is 1. The number of pyridine rings is 1. The first-order valence-corrected chi connectivity index (χ1v) is 11.2. The van der Waals surface area contributed by atoms with Gasteiger partial charge in [-0.15, -0.1) is 0 Å². The van der Waals surface area contributed by atoms with Crippen molar-refractivity contribution < 1.29 is 36.2 Å². The lowest BCUT2D eigenvalue weighted by atomic mass is 9.91. The molecule has 0 saturated carbocycles. The van der Waals surface area contributed by atoms with E-state index in [1.54, 1.807) is 10.5 Å². The van der Waals surface area contributed by atoms with Crippen molar-refractivity contribution >= 4 is 21.8 Å². The number of ether oxygens (including phenoxy) is 1. The molecule has 0 bridgehead atoms. The quantitative estimate of drug-likeness (QED) is 0.745. The lowest BCUT2D eigenvalue weighted by Crippen LogP contribution is -2.61. The molecule has 2 fully saturated rings. The van der Waals surface area contributed by atoms with Crippen LogP contribution < -0.4 is 4.90 Å². The van der Waals surface area contributed by atoms with Crippen LogP contribution in [0.25, 0.3) is 0 Å². The van der Waals surface area contributed by atoms with Crippen LogP contribution in [0.5, 0.6) is 0 Å². The third-order valence-electron chi connectivity index (χ3n) is 4.82. The van der Waals surface area contributed by atoms with Crippen molar-refractivity contribution in [3.63, 3.8) is 0 Å². The lowest BCUT2D eigenvalue weighted by Gasteiger charge is -2.47. The third-order valence-corrected chi connectivity index (χ3v) is 6.85. The van der Waals surface area contributed by atoms with Crippen molar-refractivity contribution in [1.29, 1.82) is 0 Å². The Morgan fingerprint density at radius 3 is 2.57 bits per heavy atom. The van der Waals surface area contributed by atoms with Gasteiger partial charge in [-0.05, 0) is 31.4 Å². The number of hydrogen-bond acceptors (Lipinski definition) is 6. The van der Waals surface area contributed by atoms with Crippen molar-refractivity contribution in [2.24, 2.45) is 0 Å². The number of carbonyl (C=O) groups is 1. The number of alkyl halides is 3. The molecule has 3 heterocycles. The summed E-state index contributed by atoms with van der Waals surface area (Å²) in [6.45, 7) is 4.93. The summed E-state index contributed by atoms with van der Waals surface area (Å²) in [5.74, 6) is -1.61. The van der Waals surface area contributed by atoms with E-state index in [0.29, 0.717) is 32.7 Å². The van der Waals surface area contributed by atoms with Crippen LogP contribution in [0.1, 0.15) is 26.2 Å². The van der Waals surface area contributed by atoms with Gasteiger partial charge in [0.15, 0.2) is 0 Å². The van der Waals surface area contributed by atoms with Crippen molar-refractivity contribution in [3.05, 3.63) is 24.4 Å². The predicted octanol–water partition coefficient (Wildman–Crippen LogP) is 2.13. The van der Waals surface area contributed by atoms with Gasteiger partial charge in [-0.25, -0.2) is 18.2 Å². The normalized spacial score (nSPS) is 23.0. The summed E-state index contributed by atoms with van der Waals surface area (Å²) >= 11 is 0. The van der Waals surface area contributed by atoms with Crippen LogP contribution in [-0.2, 0) is 19.6 Å². The number of hydrogen-bond donors (Lipinski definition) is 1. The fourth-order valence-corrected chi connectivity index (χ4v) is 5.07. The molecule has 2 aliphatic rings. The second-order valence-corrected chi connectivity index (χ2v) is 9.29. The predicted molar refractivity (Wildman–Crippen MR) is 104 cm³/mol. The molecule has 1 N–H and O–H groups in total. The largest absolute Gasteiger partial charge is 0.490 e. The number of halogens is 3. The topological polar surface area (TPSA) is 100 Å². The highest BCUT2D eigenvalue weighted by atomic mass is 32.2. The molecular weight excluding hydrogens is 427 g/mol. The summed E-state index contributed by atoms with van der Waals surface area (Å²) in [6.07, 6.45) is -0.768. The number of nitrogens with zero attached hydrogens (tertiary/aromatic N) is 3. The number of carboxylic acids is 1. The van der Waals surface area contributed by atoms with Gasteiger partial charge in [0.2, 0.25) is 10.0 Å². The minimum absolute atomic E-state index is 0.215. The van der Waals surface area contributed by atoms with E-state index in [1.165, 1.54) is 0 Å². The zero-order valence-corrected chi connectivity index (χ0v) is 17.5. The Morgan fingerprint density at radius 1 is 1.30 bits per heavy atom. The van der Waals surface area contributed by atoms with Crippen LogP contribution in [0.3, 0.4) is 0 Å². The first-order chi connectivity index (χ1) is 14.0. The molecule has 1 spiro atoms. The molecule has 0 radical (unpaired) electrons. The van der Waals surface area contributed by atoms with E-state index in [2.05, 4.69) is 9.88 Å². The maximum atomic E-state index is 12.4. The molecule has 8 nitrogen and oxygen atoms in total. The standard InChI is InChI=1S/C16H25N3O3S.C2HF3O2/c1-2-12-23(20,21)19-10-11-22-16(14-19)7-5-9-18(13-16)15-6-3-4-8-17-15;3-2(4,5)1(6)7/h3-4,6,8H,2,5,7,9-14H2,1H3;(H,6,7). The second-order valence-electron chi connectivity index (χ2n) is 7.20. The zero-order valence-electron chi connectivity index (χ0n) is 16.6. The van der Waals surface area contributed by atoms with Gasteiger partial charge in [0.05, 0.1) is 18.0 Å². The highest BCUT2D eigenvalue weighted by molar-refractivity contribution is 7.89. The molecule has 3 rings (SSSR count). The smallest absolute Gasteiger partial charge is 0.475 e. The molecular formula is C18H26F3N3O5S. The van der Waals surface area contributed by atoms with Crippen LogP contribution in [0.2, 0.25) is 0 Å². The molecule has 30 heavy (non-hydrogen) atoms. The van der Waals surface area contributed by atoms with Gasteiger partial charge in [0, 0.05) is 32.4 Å². The van der Waals surface area contributed by atoms with E-state index >= 15 is 0 Å². The van der Waals surface area contributed by atoms with E-state index in [4.69, 9.17) is 14.6 Å². The number of piperidine rings is 1. The van der Waals surface area contributed by atoms with Gasteiger partial charge in [-0.3, -0.25) is 0 Å². The molecule has 0 aromatic carbocycles. The van der Waals surface area contributed by atoms with Crippen molar-refractivity contribution in [2.75, 3.05) is 43.4 Å². The second kappa shape index (κ2) is 9.92. The zero-order chi connectivity index (χ0) is 22.4. The summed E-state index contributed by atoms with van der Waals surface area (Å²) in [4.78, 5) is 15.5. The first-order valence-electron chi connectivity index (χ1n) is 9.57. The van der Waals surface area contributed by atoms with Crippen LogP contribution >= 0.6 is 0 Å². The Bertz CT molecular complexity index is 803. The molecule has 1 aromatic heterocycles. The number of carboxylic acid groups (broad SMARTS) is 1. The molecule has 12 heteroatoms. The van der Waals surface area contributed by atoms with Crippen LogP contribution in [0.4, 0.5) is 19.0 Å². The number of rotatable bonds is 4. The summed E-state index contributed by atoms with van der Waals surface area (Å²) in [7, 11) is -3.17. The fourth-order valence-electron chi connectivity index (χ4n) is 3.52. The van der Waals surface area contributed by atoms with E-state index in [1.807, 2.05) is 25.1 Å².